The molecule has 2 N–H and O–H groups in total. The van der Waals surface area contributed by atoms with Crippen molar-refractivity contribution in [3.8, 4) is 0 Å². The first-order valence-electron chi connectivity index (χ1n) is 6.07. The van der Waals surface area contributed by atoms with Gasteiger partial charge in [0, 0.05) is 20.6 Å². The van der Waals surface area contributed by atoms with Crippen LogP contribution < -0.4 is 15.5 Å². The van der Waals surface area contributed by atoms with Crippen molar-refractivity contribution in [3.63, 3.8) is 0 Å². The number of carbonyl (C=O) groups is 1. The van der Waals surface area contributed by atoms with E-state index in [4.69, 9.17) is 11.6 Å². The fourth-order valence-corrected chi connectivity index (χ4v) is 1.42. The smallest absolute Gasteiger partial charge is 0.242 e. The predicted octanol–water partition coefficient (Wildman–Crippen LogP) is 0.918. The highest BCUT2D eigenvalue weighted by molar-refractivity contribution is 6.28. The van der Waals surface area contributed by atoms with Crippen molar-refractivity contribution < 1.29 is 4.79 Å². The van der Waals surface area contributed by atoms with E-state index in [0.29, 0.717) is 12.5 Å². The van der Waals surface area contributed by atoms with E-state index in [-0.39, 0.29) is 17.1 Å². The van der Waals surface area contributed by atoms with Gasteiger partial charge >= 0.3 is 0 Å². The topological polar surface area (TPSA) is 83.0 Å². The normalized spacial score (nSPS) is 11.8. The Bertz CT molecular complexity index is 439. The Labute approximate surface area is 117 Å². The van der Waals surface area contributed by atoms with Gasteiger partial charge in [0.05, 0.1) is 0 Å². The van der Waals surface area contributed by atoms with Gasteiger partial charge in [-0.2, -0.15) is 15.0 Å². The summed E-state index contributed by atoms with van der Waals surface area (Å²) in [6.45, 7) is 4.37. The van der Waals surface area contributed by atoms with Gasteiger partial charge in [-0.15, -0.1) is 0 Å². The number of nitrogens with zero attached hydrogens (tertiary/aromatic N) is 4. The molecule has 1 amide bonds. The van der Waals surface area contributed by atoms with Crippen LogP contribution in [-0.4, -0.2) is 47.5 Å². The van der Waals surface area contributed by atoms with Crippen LogP contribution in [0.25, 0.3) is 0 Å². The summed E-state index contributed by atoms with van der Waals surface area (Å²) in [5.74, 6) is 0.608. The predicted molar refractivity (Wildman–Crippen MR) is 75.5 cm³/mol. The summed E-state index contributed by atoms with van der Waals surface area (Å²) in [6.07, 6.45) is 0.890. The molecule has 0 spiro atoms. The zero-order chi connectivity index (χ0) is 14.4. The molecule has 0 fully saturated rings. The number of hydrogen-bond acceptors (Lipinski definition) is 6. The lowest BCUT2D eigenvalue weighted by molar-refractivity contribution is -0.121. The van der Waals surface area contributed by atoms with Gasteiger partial charge in [-0.25, -0.2) is 0 Å². The van der Waals surface area contributed by atoms with E-state index in [1.54, 1.807) is 25.9 Å². The molecule has 0 aromatic carbocycles. The molecule has 0 saturated carbocycles. The minimum absolute atomic E-state index is 0.0855. The number of amides is 1. The highest BCUT2D eigenvalue weighted by atomic mass is 35.5. The second kappa shape index (κ2) is 7.08. The summed E-state index contributed by atoms with van der Waals surface area (Å²) in [4.78, 5) is 25.5. The average Bonchev–Trinajstić information content (AvgIpc) is 2.34. The Kier molecular flexibility index (Phi) is 5.75. The van der Waals surface area contributed by atoms with Gasteiger partial charge in [-0.05, 0) is 24.9 Å². The SMILES string of the molecule is CCCNC(=O)C(C)Nc1nc(Cl)nc(N(C)C)n1. The maximum Gasteiger partial charge on any atom is 0.242 e. The van der Waals surface area contributed by atoms with E-state index in [1.807, 2.05) is 6.92 Å². The molecule has 8 heteroatoms. The second-order valence-electron chi connectivity index (χ2n) is 4.28. The van der Waals surface area contributed by atoms with Gasteiger partial charge in [-0.1, -0.05) is 6.92 Å². The largest absolute Gasteiger partial charge is 0.354 e. The van der Waals surface area contributed by atoms with E-state index in [0.717, 1.165) is 6.42 Å². The van der Waals surface area contributed by atoms with Crippen LogP contribution in [0.5, 0.6) is 0 Å². The summed E-state index contributed by atoms with van der Waals surface area (Å²) in [5.41, 5.74) is 0. The molecule has 0 radical (unpaired) electrons. The van der Waals surface area contributed by atoms with Gasteiger partial charge in [-0.3, -0.25) is 4.79 Å². The van der Waals surface area contributed by atoms with Crippen molar-refractivity contribution in [1.82, 2.24) is 20.3 Å². The number of halogens is 1. The molecule has 1 atom stereocenters. The quantitative estimate of drug-likeness (QED) is 0.809. The van der Waals surface area contributed by atoms with Crippen LogP contribution in [0.2, 0.25) is 5.28 Å². The van der Waals surface area contributed by atoms with Crippen molar-refractivity contribution in [1.29, 1.82) is 0 Å². The minimum atomic E-state index is -0.444. The van der Waals surface area contributed by atoms with E-state index in [1.165, 1.54) is 0 Å². The lowest BCUT2D eigenvalue weighted by Gasteiger charge is -2.15. The lowest BCUT2D eigenvalue weighted by Crippen LogP contribution is -2.38. The van der Waals surface area contributed by atoms with Crippen LogP contribution in [-0.2, 0) is 4.79 Å². The maximum absolute atomic E-state index is 11.7. The van der Waals surface area contributed by atoms with Gasteiger partial charge in [0.2, 0.25) is 23.1 Å². The molecular weight excluding hydrogens is 268 g/mol. The molecule has 0 aliphatic carbocycles. The van der Waals surface area contributed by atoms with Crippen LogP contribution >= 0.6 is 11.6 Å². The highest BCUT2D eigenvalue weighted by Crippen LogP contribution is 2.12. The first-order chi connectivity index (χ1) is 8.93. The van der Waals surface area contributed by atoms with Gasteiger partial charge in [0.15, 0.2) is 0 Å². The molecule has 106 valence electrons. The molecule has 1 aromatic heterocycles. The van der Waals surface area contributed by atoms with Crippen LogP contribution in [0.1, 0.15) is 20.3 Å². The Hall–Kier alpha value is -1.63. The fraction of sp³-hybridized carbons (Fsp3) is 0.636. The number of nitrogens with one attached hydrogen (secondary N) is 2. The maximum atomic E-state index is 11.7. The first kappa shape index (κ1) is 15.4. The van der Waals surface area contributed by atoms with Gasteiger partial charge in [0.1, 0.15) is 6.04 Å². The van der Waals surface area contributed by atoms with Crippen molar-refractivity contribution >= 4 is 29.4 Å². The Morgan fingerprint density at radius 3 is 2.63 bits per heavy atom. The van der Waals surface area contributed by atoms with E-state index < -0.39 is 6.04 Å². The zero-order valence-electron chi connectivity index (χ0n) is 11.6. The summed E-state index contributed by atoms with van der Waals surface area (Å²) in [7, 11) is 3.60. The first-order valence-corrected chi connectivity index (χ1v) is 6.45. The number of hydrogen-bond donors (Lipinski definition) is 2. The Balaban J connectivity index is 2.73. The highest BCUT2D eigenvalue weighted by Gasteiger charge is 2.14. The minimum Gasteiger partial charge on any atom is -0.354 e. The molecule has 0 aliphatic rings. The molecule has 0 bridgehead atoms. The molecule has 1 aromatic rings. The third kappa shape index (κ3) is 4.86. The molecule has 0 aliphatic heterocycles. The van der Waals surface area contributed by atoms with Gasteiger partial charge in [0.25, 0.3) is 0 Å². The molecular formula is C11H19ClN6O. The molecule has 1 rings (SSSR count). The van der Waals surface area contributed by atoms with Gasteiger partial charge < -0.3 is 15.5 Å². The summed E-state index contributed by atoms with van der Waals surface area (Å²) in [6, 6.07) is -0.444. The Morgan fingerprint density at radius 1 is 1.37 bits per heavy atom. The molecule has 7 nitrogen and oxygen atoms in total. The van der Waals surface area contributed by atoms with Crippen molar-refractivity contribution in [2.24, 2.45) is 0 Å². The van der Waals surface area contributed by atoms with Crippen molar-refractivity contribution in [2.75, 3.05) is 30.9 Å². The molecule has 1 heterocycles. The van der Waals surface area contributed by atoms with Crippen molar-refractivity contribution in [2.45, 2.75) is 26.3 Å². The standard InChI is InChI=1S/C11H19ClN6O/c1-5-6-13-8(19)7(2)14-10-15-9(12)16-11(17-10)18(3)4/h7H,5-6H2,1-4H3,(H,13,19)(H,14,15,16,17). The third-order valence-corrected chi connectivity index (χ3v) is 2.45. The zero-order valence-corrected chi connectivity index (χ0v) is 12.3. The lowest BCUT2D eigenvalue weighted by atomic mass is 10.3. The number of carbonyl (C=O) groups excluding carboxylic acids is 1. The molecule has 0 saturated heterocycles. The van der Waals surface area contributed by atoms with E-state index >= 15 is 0 Å². The van der Waals surface area contributed by atoms with Crippen molar-refractivity contribution in [3.05, 3.63) is 5.28 Å². The number of rotatable bonds is 6. The van der Waals surface area contributed by atoms with Crippen LogP contribution in [0.3, 0.4) is 0 Å². The summed E-state index contributed by atoms with van der Waals surface area (Å²) in [5, 5.41) is 5.78. The fourth-order valence-electron chi connectivity index (χ4n) is 1.26. The summed E-state index contributed by atoms with van der Waals surface area (Å²) < 4.78 is 0. The third-order valence-electron chi connectivity index (χ3n) is 2.28. The van der Waals surface area contributed by atoms with Crippen LogP contribution in [0.4, 0.5) is 11.9 Å². The van der Waals surface area contributed by atoms with Crippen LogP contribution in [0.15, 0.2) is 0 Å². The second-order valence-corrected chi connectivity index (χ2v) is 4.62. The van der Waals surface area contributed by atoms with E-state index in [9.17, 15) is 4.79 Å². The molecule has 19 heavy (non-hydrogen) atoms. The number of aromatic nitrogens is 3. The summed E-state index contributed by atoms with van der Waals surface area (Å²) >= 11 is 5.81. The monoisotopic (exact) mass is 286 g/mol. The van der Waals surface area contributed by atoms with E-state index in [2.05, 4.69) is 25.6 Å². The molecule has 1 unspecified atom stereocenters. The number of anilines is 2. The Morgan fingerprint density at radius 2 is 2.05 bits per heavy atom. The van der Waals surface area contributed by atoms with Crippen LogP contribution in [0, 0.1) is 0 Å². The average molecular weight is 287 g/mol.